The zero-order valence-corrected chi connectivity index (χ0v) is 18.5. The van der Waals surface area contributed by atoms with Crippen LogP contribution in [0.4, 0.5) is 4.39 Å². The fraction of sp³-hybridized carbons (Fsp3) is 0.200. The summed E-state index contributed by atoms with van der Waals surface area (Å²) in [5, 5.41) is -0.262. The van der Waals surface area contributed by atoms with Crippen LogP contribution in [0.25, 0.3) is 0 Å². The number of amides is 1. The van der Waals surface area contributed by atoms with Gasteiger partial charge in [-0.2, -0.15) is 0 Å². The smallest absolute Gasteiger partial charge is 0.241 e. The van der Waals surface area contributed by atoms with E-state index < -0.39 is 0 Å². The van der Waals surface area contributed by atoms with Crippen LogP contribution in [0.2, 0.25) is 0 Å². The van der Waals surface area contributed by atoms with Crippen LogP contribution in [0.5, 0.6) is 5.75 Å². The Hall–Kier alpha value is -2.70. The molecule has 0 saturated carbocycles. The van der Waals surface area contributed by atoms with E-state index in [0.29, 0.717) is 23.0 Å². The third-order valence-electron chi connectivity index (χ3n) is 5.13. The van der Waals surface area contributed by atoms with Crippen molar-refractivity contribution >= 4 is 34.2 Å². The van der Waals surface area contributed by atoms with Crippen LogP contribution in [-0.2, 0) is 24.2 Å². The van der Waals surface area contributed by atoms with Gasteiger partial charge in [-0.05, 0) is 47.7 Å². The second kappa shape index (κ2) is 10.1. The van der Waals surface area contributed by atoms with Crippen molar-refractivity contribution in [3.63, 3.8) is 0 Å². The molecule has 3 nitrogen and oxygen atoms in total. The number of nitrogens with zero attached hydrogens (tertiary/aromatic N) is 1. The predicted octanol–water partition coefficient (Wildman–Crippen LogP) is 5.42. The van der Waals surface area contributed by atoms with Crippen LogP contribution in [-0.4, -0.2) is 26.9 Å². The highest BCUT2D eigenvalue weighted by molar-refractivity contribution is 8.24. The molecule has 1 aliphatic rings. The van der Waals surface area contributed by atoms with Crippen LogP contribution in [0, 0.1) is 5.82 Å². The summed E-state index contributed by atoms with van der Waals surface area (Å²) in [4.78, 5) is 14.7. The second-order valence-corrected chi connectivity index (χ2v) is 9.16. The molecule has 0 unspecified atom stereocenters. The minimum atomic E-state index is -0.286. The average Bonchev–Trinajstić information content (AvgIpc) is 3.05. The fourth-order valence-electron chi connectivity index (χ4n) is 3.52. The molecule has 0 bridgehead atoms. The van der Waals surface area contributed by atoms with Gasteiger partial charge in [0, 0.05) is 6.54 Å². The molecule has 158 valence electrons. The van der Waals surface area contributed by atoms with Gasteiger partial charge in [0.25, 0.3) is 0 Å². The maximum atomic E-state index is 13.4. The molecule has 0 radical (unpaired) electrons. The highest BCUT2D eigenvalue weighted by Gasteiger charge is 2.36. The first-order valence-corrected chi connectivity index (χ1v) is 11.4. The summed E-state index contributed by atoms with van der Waals surface area (Å²) in [6.07, 6.45) is 1.30. The van der Waals surface area contributed by atoms with Crippen molar-refractivity contribution in [2.24, 2.45) is 0 Å². The quantitative estimate of drug-likeness (QED) is 0.428. The van der Waals surface area contributed by atoms with E-state index in [1.54, 1.807) is 11.0 Å². The number of thioether (sulfide) groups is 1. The standard InChI is InChI=1S/C25H22FNO2S2/c26-21-11-6-9-19(15-21)17-29-22-12-5-4-10-20(22)16-23-24(28)27(25(30)31-23)14-13-18-7-2-1-3-8-18/h1-12,15,23H,13-14,16-17H2/t23-/m0/s1. The van der Waals surface area contributed by atoms with E-state index in [1.165, 1.54) is 29.5 Å². The monoisotopic (exact) mass is 451 g/mol. The van der Waals surface area contributed by atoms with E-state index >= 15 is 0 Å². The lowest BCUT2D eigenvalue weighted by Gasteiger charge is -2.16. The summed E-state index contributed by atoms with van der Waals surface area (Å²) in [5.74, 6) is 0.464. The number of halogens is 1. The van der Waals surface area contributed by atoms with Crippen LogP contribution in [0.1, 0.15) is 16.7 Å². The summed E-state index contributed by atoms with van der Waals surface area (Å²) in [5.41, 5.74) is 2.88. The first-order chi connectivity index (χ1) is 15.1. The maximum Gasteiger partial charge on any atom is 0.241 e. The largest absolute Gasteiger partial charge is 0.489 e. The van der Waals surface area contributed by atoms with Gasteiger partial charge in [-0.1, -0.05) is 84.6 Å². The van der Waals surface area contributed by atoms with Crippen LogP contribution in [0.3, 0.4) is 0 Å². The normalized spacial score (nSPS) is 16.0. The van der Waals surface area contributed by atoms with Gasteiger partial charge >= 0.3 is 0 Å². The van der Waals surface area contributed by atoms with E-state index in [9.17, 15) is 9.18 Å². The highest BCUT2D eigenvalue weighted by atomic mass is 32.2. The number of hydrogen-bond donors (Lipinski definition) is 0. The highest BCUT2D eigenvalue weighted by Crippen LogP contribution is 2.32. The third kappa shape index (κ3) is 5.51. The molecule has 1 heterocycles. The lowest BCUT2D eigenvalue weighted by molar-refractivity contribution is -0.126. The number of benzene rings is 3. The summed E-state index contributed by atoms with van der Waals surface area (Å²) < 4.78 is 20.0. The van der Waals surface area contributed by atoms with Crippen molar-refractivity contribution in [2.45, 2.75) is 24.7 Å². The number of rotatable bonds is 8. The van der Waals surface area contributed by atoms with Gasteiger partial charge in [-0.25, -0.2) is 4.39 Å². The summed E-state index contributed by atoms with van der Waals surface area (Å²) in [7, 11) is 0. The van der Waals surface area contributed by atoms with Crippen LogP contribution >= 0.6 is 24.0 Å². The molecule has 1 fully saturated rings. The molecule has 1 amide bonds. The Bertz CT molecular complexity index is 1070. The zero-order valence-electron chi connectivity index (χ0n) is 16.9. The van der Waals surface area contributed by atoms with Gasteiger partial charge in [0.15, 0.2) is 0 Å². The lowest BCUT2D eigenvalue weighted by Crippen LogP contribution is -2.33. The summed E-state index contributed by atoms with van der Waals surface area (Å²) in [6, 6.07) is 24.1. The first-order valence-electron chi connectivity index (χ1n) is 10.1. The molecule has 0 N–H and O–H groups in total. The molecule has 6 heteroatoms. The Balaban J connectivity index is 1.40. The molecule has 3 aromatic rings. The topological polar surface area (TPSA) is 29.5 Å². The second-order valence-electron chi connectivity index (χ2n) is 7.33. The molecule has 0 aliphatic carbocycles. The van der Waals surface area contributed by atoms with Crippen molar-refractivity contribution in [3.05, 3.63) is 101 Å². The average molecular weight is 452 g/mol. The number of thiocarbonyl (C=S) groups is 1. The molecule has 0 aromatic heterocycles. The number of hydrogen-bond acceptors (Lipinski definition) is 4. The maximum absolute atomic E-state index is 13.4. The molecular weight excluding hydrogens is 429 g/mol. The molecule has 1 atom stereocenters. The Labute approximate surface area is 191 Å². The van der Waals surface area contributed by atoms with Gasteiger partial charge in [0.2, 0.25) is 5.91 Å². The minimum absolute atomic E-state index is 0.0471. The van der Waals surface area contributed by atoms with Crippen LogP contribution in [0.15, 0.2) is 78.9 Å². The Morgan fingerprint density at radius 1 is 0.968 bits per heavy atom. The van der Waals surface area contributed by atoms with Crippen molar-refractivity contribution < 1.29 is 13.9 Å². The number of carbonyl (C=O) groups excluding carboxylic acids is 1. The number of ether oxygens (including phenoxy) is 1. The van der Waals surface area contributed by atoms with Crippen molar-refractivity contribution in [1.82, 2.24) is 4.90 Å². The van der Waals surface area contributed by atoms with Crippen LogP contribution < -0.4 is 4.74 Å². The summed E-state index contributed by atoms with van der Waals surface area (Å²) in [6.45, 7) is 0.852. The molecule has 31 heavy (non-hydrogen) atoms. The lowest BCUT2D eigenvalue weighted by atomic mass is 10.1. The zero-order chi connectivity index (χ0) is 21.6. The molecule has 1 aliphatic heterocycles. The molecule has 3 aromatic carbocycles. The van der Waals surface area contributed by atoms with Gasteiger partial charge in [-0.3, -0.25) is 9.69 Å². The van der Waals surface area contributed by atoms with E-state index in [2.05, 4.69) is 12.1 Å². The van der Waals surface area contributed by atoms with Gasteiger partial charge in [0.05, 0.1) is 5.25 Å². The molecule has 1 saturated heterocycles. The van der Waals surface area contributed by atoms with E-state index in [1.807, 2.05) is 48.5 Å². The molecular formula is C25H22FNO2S2. The van der Waals surface area contributed by atoms with Crippen molar-refractivity contribution in [1.29, 1.82) is 0 Å². The predicted molar refractivity (Wildman–Crippen MR) is 127 cm³/mol. The number of para-hydroxylation sites is 1. The van der Waals surface area contributed by atoms with Gasteiger partial charge < -0.3 is 4.74 Å². The van der Waals surface area contributed by atoms with Gasteiger partial charge in [0.1, 0.15) is 22.5 Å². The Kier molecular flexibility index (Phi) is 6.99. The molecule has 0 spiro atoms. The van der Waals surface area contributed by atoms with E-state index in [0.717, 1.165) is 17.5 Å². The summed E-state index contributed by atoms with van der Waals surface area (Å²) >= 11 is 6.93. The SMILES string of the molecule is O=C1[C@H](Cc2ccccc2OCc2cccc(F)c2)SC(=S)N1CCc1ccccc1. The minimum Gasteiger partial charge on any atom is -0.489 e. The Morgan fingerprint density at radius 2 is 1.71 bits per heavy atom. The third-order valence-corrected chi connectivity index (χ3v) is 6.72. The van der Waals surface area contributed by atoms with Crippen molar-refractivity contribution in [3.8, 4) is 5.75 Å². The number of carbonyl (C=O) groups is 1. The van der Waals surface area contributed by atoms with E-state index in [4.69, 9.17) is 17.0 Å². The Morgan fingerprint density at radius 3 is 2.52 bits per heavy atom. The van der Waals surface area contributed by atoms with E-state index in [-0.39, 0.29) is 23.6 Å². The van der Waals surface area contributed by atoms with Gasteiger partial charge in [-0.15, -0.1) is 0 Å². The molecule has 4 rings (SSSR count). The fourth-order valence-corrected chi connectivity index (χ4v) is 5.09. The van der Waals surface area contributed by atoms with Crippen molar-refractivity contribution in [2.75, 3.05) is 6.54 Å². The first kappa shape index (κ1) is 21.5.